The van der Waals surface area contributed by atoms with Crippen LogP contribution in [0.1, 0.15) is 41.0 Å². The van der Waals surface area contributed by atoms with Gasteiger partial charge in [0, 0.05) is 22.7 Å². The highest BCUT2D eigenvalue weighted by Gasteiger charge is 2.32. The Bertz CT molecular complexity index is 733. The second-order valence-electron chi connectivity index (χ2n) is 5.45. The maximum absolute atomic E-state index is 12.7. The van der Waals surface area contributed by atoms with Gasteiger partial charge in [0.1, 0.15) is 0 Å². The van der Waals surface area contributed by atoms with E-state index >= 15 is 0 Å². The summed E-state index contributed by atoms with van der Waals surface area (Å²) in [6.07, 6.45) is 2.70. The molecular formula is C18H19NO3S. The van der Waals surface area contributed by atoms with Gasteiger partial charge in [-0.05, 0) is 56.0 Å². The molecule has 1 unspecified atom stereocenters. The molecule has 4 nitrogen and oxygen atoms in total. The summed E-state index contributed by atoms with van der Waals surface area (Å²) in [5.74, 6) is -0.462. The van der Waals surface area contributed by atoms with Crippen molar-refractivity contribution in [2.24, 2.45) is 0 Å². The largest absolute Gasteiger partial charge is 0.465 e. The molecule has 120 valence electrons. The van der Waals surface area contributed by atoms with Gasteiger partial charge in [-0.3, -0.25) is 9.59 Å². The summed E-state index contributed by atoms with van der Waals surface area (Å²) >= 11 is 1.65. The summed E-state index contributed by atoms with van der Waals surface area (Å²) in [4.78, 5) is 25.9. The van der Waals surface area contributed by atoms with E-state index in [1.165, 1.54) is 0 Å². The van der Waals surface area contributed by atoms with Crippen LogP contribution in [-0.4, -0.2) is 29.2 Å². The van der Waals surface area contributed by atoms with Gasteiger partial charge in [-0.2, -0.15) is 0 Å². The first-order valence-electron chi connectivity index (χ1n) is 7.70. The molecule has 1 atom stereocenters. The van der Waals surface area contributed by atoms with Crippen LogP contribution in [0.15, 0.2) is 41.3 Å². The zero-order valence-corrected chi connectivity index (χ0v) is 14.1. The molecule has 0 aliphatic carbocycles. The highest BCUT2D eigenvalue weighted by atomic mass is 32.2. The molecule has 2 aromatic rings. The number of thioether (sulfide) groups is 1. The third-order valence-electron chi connectivity index (χ3n) is 4.17. The average molecular weight is 329 g/mol. The Morgan fingerprint density at radius 1 is 1.22 bits per heavy atom. The number of carbonyl (C=O) groups excluding carboxylic acids is 2. The van der Waals surface area contributed by atoms with Gasteiger partial charge in [-0.1, -0.05) is 0 Å². The first-order chi connectivity index (χ1) is 11.2. The third-order valence-corrected chi connectivity index (χ3v) is 4.91. The highest BCUT2D eigenvalue weighted by Crippen LogP contribution is 2.32. The standard InChI is InChI=1S/C18H19NO3S/c1-3-22-18(21)14-10-11-19-15(14)8-9-16(19)17(20)12-4-6-13(23-2)7-5-12/h4-9,14H,3,10-11H2,1-2H3. The lowest BCUT2D eigenvalue weighted by molar-refractivity contribution is -0.144. The Hall–Kier alpha value is -2.01. The average Bonchev–Trinajstić information content (AvgIpc) is 3.16. The van der Waals surface area contributed by atoms with Gasteiger partial charge in [0.2, 0.25) is 5.78 Å². The van der Waals surface area contributed by atoms with Crippen LogP contribution < -0.4 is 0 Å². The van der Waals surface area contributed by atoms with Gasteiger partial charge in [-0.25, -0.2) is 0 Å². The van der Waals surface area contributed by atoms with E-state index in [1.807, 2.05) is 47.2 Å². The minimum absolute atomic E-state index is 0.00610. The maximum atomic E-state index is 12.7. The Kier molecular flexibility index (Phi) is 4.57. The van der Waals surface area contributed by atoms with Crippen LogP contribution in [-0.2, 0) is 16.1 Å². The number of benzene rings is 1. The SMILES string of the molecule is CCOC(=O)C1CCn2c(C(=O)c3ccc(SC)cc3)ccc21. The quantitative estimate of drug-likeness (QED) is 0.479. The van der Waals surface area contributed by atoms with E-state index in [0.717, 1.165) is 10.6 Å². The second kappa shape index (κ2) is 6.62. The van der Waals surface area contributed by atoms with Crippen molar-refractivity contribution < 1.29 is 14.3 Å². The molecule has 0 radical (unpaired) electrons. The van der Waals surface area contributed by atoms with E-state index in [2.05, 4.69) is 0 Å². The lowest BCUT2D eigenvalue weighted by Crippen LogP contribution is -2.13. The number of ketones is 1. The van der Waals surface area contributed by atoms with Crippen LogP contribution in [0.25, 0.3) is 0 Å². The molecule has 2 heterocycles. The van der Waals surface area contributed by atoms with E-state index in [1.54, 1.807) is 18.7 Å². The number of carbonyl (C=O) groups is 2. The molecule has 0 bridgehead atoms. The van der Waals surface area contributed by atoms with E-state index in [-0.39, 0.29) is 17.7 Å². The fourth-order valence-electron chi connectivity index (χ4n) is 3.01. The number of fused-ring (bicyclic) bond motifs is 1. The van der Waals surface area contributed by atoms with Crippen molar-refractivity contribution in [1.29, 1.82) is 0 Å². The molecule has 5 heteroatoms. The molecule has 3 rings (SSSR count). The van der Waals surface area contributed by atoms with Crippen molar-refractivity contribution in [1.82, 2.24) is 4.57 Å². The zero-order valence-electron chi connectivity index (χ0n) is 13.2. The molecule has 0 fully saturated rings. The maximum Gasteiger partial charge on any atom is 0.315 e. The van der Waals surface area contributed by atoms with Gasteiger partial charge >= 0.3 is 5.97 Å². The van der Waals surface area contributed by atoms with Gasteiger partial charge in [-0.15, -0.1) is 11.8 Å². The Morgan fingerprint density at radius 3 is 2.61 bits per heavy atom. The van der Waals surface area contributed by atoms with Crippen molar-refractivity contribution in [3.8, 4) is 0 Å². The monoisotopic (exact) mass is 329 g/mol. The fourth-order valence-corrected chi connectivity index (χ4v) is 3.42. The van der Waals surface area contributed by atoms with Crippen molar-refractivity contribution in [3.63, 3.8) is 0 Å². The first-order valence-corrected chi connectivity index (χ1v) is 8.93. The number of ether oxygens (including phenoxy) is 1. The zero-order chi connectivity index (χ0) is 16.4. The molecule has 1 aromatic heterocycles. The Balaban J connectivity index is 1.86. The van der Waals surface area contributed by atoms with Crippen LogP contribution in [0.4, 0.5) is 0 Å². The van der Waals surface area contributed by atoms with E-state index < -0.39 is 0 Å². The molecule has 0 saturated carbocycles. The van der Waals surface area contributed by atoms with Crippen LogP contribution in [0.3, 0.4) is 0 Å². The molecule has 0 saturated heterocycles. The number of nitrogens with zero attached hydrogens (tertiary/aromatic N) is 1. The van der Waals surface area contributed by atoms with E-state index in [0.29, 0.717) is 30.8 Å². The summed E-state index contributed by atoms with van der Waals surface area (Å²) in [7, 11) is 0. The summed E-state index contributed by atoms with van der Waals surface area (Å²) in [6, 6.07) is 11.3. The normalized spacial score (nSPS) is 16.2. The first kappa shape index (κ1) is 15.9. The van der Waals surface area contributed by atoms with Crippen molar-refractivity contribution in [2.45, 2.75) is 30.7 Å². The molecule has 0 spiro atoms. The molecule has 23 heavy (non-hydrogen) atoms. The number of hydrogen-bond acceptors (Lipinski definition) is 4. The predicted molar refractivity (Wildman–Crippen MR) is 90.1 cm³/mol. The van der Waals surface area contributed by atoms with Gasteiger partial charge < -0.3 is 9.30 Å². The van der Waals surface area contributed by atoms with Crippen molar-refractivity contribution in [2.75, 3.05) is 12.9 Å². The van der Waals surface area contributed by atoms with Crippen LogP contribution in [0.2, 0.25) is 0 Å². The van der Waals surface area contributed by atoms with Gasteiger partial charge in [0.25, 0.3) is 0 Å². The summed E-state index contributed by atoms with van der Waals surface area (Å²) < 4.78 is 7.07. The molecule has 0 amide bonds. The van der Waals surface area contributed by atoms with Gasteiger partial charge in [0.05, 0.1) is 18.2 Å². The number of hydrogen-bond donors (Lipinski definition) is 0. The number of esters is 1. The number of aromatic nitrogens is 1. The highest BCUT2D eigenvalue weighted by molar-refractivity contribution is 7.98. The second-order valence-corrected chi connectivity index (χ2v) is 6.33. The van der Waals surface area contributed by atoms with Crippen LogP contribution in [0.5, 0.6) is 0 Å². The summed E-state index contributed by atoms with van der Waals surface area (Å²) in [6.45, 7) is 2.86. The summed E-state index contributed by atoms with van der Waals surface area (Å²) in [5, 5.41) is 0. The van der Waals surface area contributed by atoms with Crippen molar-refractivity contribution in [3.05, 3.63) is 53.3 Å². The topological polar surface area (TPSA) is 48.3 Å². The predicted octanol–water partition coefficient (Wildman–Crippen LogP) is 3.49. The van der Waals surface area contributed by atoms with Crippen LogP contribution >= 0.6 is 11.8 Å². The smallest absolute Gasteiger partial charge is 0.315 e. The molecule has 1 aliphatic rings. The Morgan fingerprint density at radius 2 is 1.96 bits per heavy atom. The minimum Gasteiger partial charge on any atom is -0.465 e. The molecule has 1 aromatic carbocycles. The lowest BCUT2D eigenvalue weighted by Gasteiger charge is -2.08. The van der Waals surface area contributed by atoms with E-state index in [4.69, 9.17) is 4.74 Å². The molecule has 1 aliphatic heterocycles. The van der Waals surface area contributed by atoms with Crippen LogP contribution in [0, 0.1) is 0 Å². The minimum atomic E-state index is -0.254. The van der Waals surface area contributed by atoms with Gasteiger partial charge in [0.15, 0.2) is 0 Å². The molecule has 0 N–H and O–H groups in total. The number of rotatable bonds is 5. The van der Waals surface area contributed by atoms with E-state index in [9.17, 15) is 9.59 Å². The third kappa shape index (κ3) is 2.93. The lowest BCUT2D eigenvalue weighted by atomic mass is 10.1. The molecular weight excluding hydrogens is 310 g/mol. The summed E-state index contributed by atoms with van der Waals surface area (Å²) in [5.41, 5.74) is 2.19. The Labute approximate surface area is 139 Å². The van der Waals surface area contributed by atoms with Crippen molar-refractivity contribution >= 4 is 23.5 Å². The fraction of sp³-hybridized carbons (Fsp3) is 0.333.